The summed E-state index contributed by atoms with van der Waals surface area (Å²) in [4.78, 5) is 24.5. The number of thioether (sulfide) groups is 1. The van der Waals surface area contributed by atoms with Crippen molar-refractivity contribution in [1.29, 1.82) is 0 Å². The van der Waals surface area contributed by atoms with E-state index in [0.29, 0.717) is 38.7 Å². The molecule has 1 saturated heterocycles. The minimum absolute atomic E-state index is 0.0948. The van der Waals surface area contributed by atoms with E-state index in [4.69, 9.17) is 23.2 Å². The predicted molar refractivity (Wildman–Crippen MR) is 120 cm³/mol. The fourth-order valence-electron chi connectivity index (χ4n) is 3.39. The van der Waals surface area contributed by atoms with Crippen molar-refractivity contribution in [2.45, 2.75) is 20.3 Å². The number of aromatic nitrogens is 3. The Morgan fingerprint density at radius 1 is 1.21 bits per heavy atom. The lowest BCUT2D eigenvalue weighted by Crippen LogP contribution is -2.39. The summed E-state index contributed by atoms with van der Waals surface area (Å²) in [5, 5.41) is 6.79. The Morgan fingerprint density at radius 2 is 2.00 bits per heavy atom. The molecule has 9 heteroatoms. The number of hydrogen-bond donors (Lipinski definition) is 0. The third-order valence-electron chi connectivity index (χ3n) is 4.69. The van der Waals surface area contributed by atoms with Crippen molar-refractivity contribution >= 4 is 62.8 Å². The summed E-state index contributed by atoms with van der Waals surface area (Å²) in [6.45, 7) is 4.38. The summed E-state index contributed by atoms with van der Waals surface area (Å²) < 4.78 is 1.71. The van der Waals surface area contributed by atoms with Crippen LogP contribution in [0.25, 0.3) is 11.0 Å². The molecule has 0 unspecified atom stereocenters. The molecule has 0 saturated carbocycles. The first-order chi connectivity index (χ1) is 13.8. The highest BCUT2D eigenvalue weighted by atomic mass is 35.5. The second-order valence-electron chi connectivity index (χ2n) is 6.87. The lowest BCUT2D eigenvalue weighted by atomic mass is 10.1. The van der Waals surface area contributed by atoms with Gasteiger partial charge in [0.2, 0.25) is 0 Å². The zero-order valence-electron chi connectivity index (χ0n) is 16.2. The Morgan fingerprint density at radius 3 is 2.76 bits per heavy atom. The van der Waals surface area contributed by atoms with Gasteiger partial charge in [0.05, 0.1) is 32.4 Å². The summed E-state index contributed by atoms with van der Waals surface area (Å²) in [7, 11) is 1.84. The van der Waals surface area contributed by atoms with Gasteiger partial charge in [-0.1, -0.05) is 35.0 Å². The average molecular weight is 448 g/mol. The quantitative estimate of drug-likeness (QED) is 0.544. The van der Waals surface area contributed by atoms with Gasteiger partial charge in [0, 0.05) is 25.0 Å². The van der Waals surface area contributed by atoms with Crippen LogP contribution in [0.5, 0.6) is 0 Å². The fourth-order valence-corrected chi connectivity index (χ4v) is 4.64. The van der Waals surface area contributed by atoms with E-state index in [1.807, 2.05) is 27.0 Å². The molecule has 3 aromatic rings. The minimum atomic E-state index is -0.0948. The van der Waals surface area contributed by atoms with Crippen LogP contribution in [0, 0.1) is 13.8 Å². The number of amides is 1. The smallest absolute Gasteiger partial charge is 0.260 e. The summed E-state index contributed by atoms with van der Waals surface area (Å²) in [6.07, 6.45) is 0.899. The van der Waals surface area contributed by atoms with Gasteiger partial charge in [-0.15, -0.1) is 0 Å². The lowest BCUT2D eigenvalue weighted by Gasteiger charge is -2.28. The number of carbonyl (C=O) groups is 1. The second-order valence-corrected chi connectivity index (χ2v) is 8.75. The number of aliphatic imine (C=N–C) groups is 1. The number of hydrogen-bond acceptors (Lipinski definition) is 5. The number of carbonyl (C=O) groups excluding carboxylic acids is 1. The third kappa shape index (κ3) is 3.86. The molecule has 0 bridgehead atoms. The predicted octanol–water partition coefficient (Wildman–Crippen LogP) is 5.16. The maximum Gasteiger partial charge on any atom is 0.260 e. The molecule has 1 fully saturated rings. The van der Waals surface area contributed by atoms with Crippen molar-refractivity contribution in [3.63, 3.8) is 0 Å². The largest absolute Gasteiger partial charge is 0.287 e. The van der Waals surface area contributed by atoms with E-state index in [1.165, 1.54) is 0 Å². The number of benzene rings is 1. The van der Waals surface area contributed by atoms with Crippen LogP contribution in [0.15, 0.2) is 29.3 Å². The van der Waals surface area contributed by atoms with Crippen molar-refractivity contribution in [2.75, 3.05) is 12.3 Å². The van der Waals surface area contributed by atoms with Gasteiger partial charge in [0.15, 0.2) is 10.8 Å². The van der Waals surface area contributed by atoms with E-state index in [0.717, 1.165) is 28.9 Å². The van der Waals surface area contributed by atoms with Crippen molar-refractivity contribution in [3.05, 3.63) is 51.3 Å². The third-order valence-corrected chi connectivity index (χ3v) is 6.49. The molecule has 150 valence electrons. The number of aryl methyl sites for hydroxylation is 3. The first kappa shape index (κ1) is 20.2. The van der Waals surface area contributed by atoms with Crippen LogP contribution < -0.4 is 0 Å². The topological polar surface area (TPSA) is 63.4 Å². The van der Waals surface area contributed by atoms with Crippen molar-refractivity contribution in [1.82, 2.24) is 19.7 Å². The van der Waals surface area contributed by atoms with Crippen LogP contribution in [0.3, 0.4) is 0 Å². The highest BCUT2D eigenvalue weighted by Crippen LogP contribution is 2.30. The molecule has 1 aliphatic rings. The maximum atomic E-state index is 13.6. The number of nitrogens with zero attached hydrogens (tertiary/aromatic N) is 5. The first-order valence-corrected chi connectivity index (χ1v) is 10.9. The number of fused-ring (bicyclic) bond motifs is 1. The highest BCUT2D eigenvalue weighted by Gasteiger charge is 2.28. The average Bonchev–Trinajstić information content (AvgIpc) is 2.97. The van der Waals surface area contributed by atoms with Crippen LogP contribution in [-0.4, -0.2) is 43.0 Å². The Kier molecular flexibility index (Phi) is 5.55. The van der Waals surface area contributed by atoms with Crippen molar-refractivity contribution in [3.8, 4) is 0 Å². The van der Waals surface area contributed by atoms with Crippen LogP contribution >= 0.6 is 35.0 Å². The molecule has 29 heavy (non-hydrogen) atoms. The van der Waals surface area contributed by atoms with E-state index in [2.05, 4.69) is 15.1 Å². The number of pyridine rings is 1. The van der Waals surface area contributed by atoms with Gasteiger partial charge < -0.3 is 0 Å². The van der Waals surface area contributed by atoms with E-state index >= 15 is 0 Å². The fraction of sp³-hybridized carbons (Fsp3) is 0.300. The molecule has 0 spiro atoms. The molecule has 4 rings (SSSR count). The van der Waals surface area contributed by atoms with E-state index < -0.39 is 0 Å². The summed E-state index contributed by atoms with van der Waals surface area (Å²) in [5.74, 6) is 0.809. The Labute approximate surface area is 182 Å². The maximum absolute atomic E-state index is 13.6. The van der Waals surface area contributed by atoms with Crippen molar-refractivity contribution < 1.29 is 4.79 Å². The monoisotopic (exact) mass is 447 g/mol. The standard InChI is InChI=1S/C20H19Cl2N5OS/c1-11-9-14(17-12(2)25-26(3)18(17)23-11)19(28)27-7-4-8-29-20(27)24-13-5-6-15(21)16(22)10-13/h5-6,9-10H,4,7-8H2,1-3H3. The van der Waals surface area contributed by atoms with Gasteiger partial charge in [0.25, 0.3) is 5.91 Å². The highest BCUT2D eigenvalue weighted by molar-refractivity contribution is 8.13. The van der Waals surface area contributed by atoms with Crippen LogP contribution in [0.4, 0.5) is 5.69 Å². The van der Waals surface area contributed by atoms with Gasteiger partial charge in [-0.3, -0.25) is 14.4 Å². The molecule has 1 amide bonds. The number of amidine groups is 1. The van der Waals surface area contributed by atoms with Crippen LogP contribution in [0.1, 0.15) is 28.2 Å². The van der Waals surface area contributed by atoms with Gasteiger partial charge in [-0.05, 0) is 44.5 Å². The zero-order chi connectivity index (χ0) is 20.7. The molecule has 0 atom stereocenters. The summed E-state index contributed by atoms with van der Waals surface area (Å²) in [5.41, 5.74) is 3.53. The molecular weight excluding hydrogens is 429 g/mol. The molecule has 0 N–H and O–H groups in total. The Balaban J connectivity index is 1.78. The van der Waals surface area contributed by atoms with Gasteiger partial charge in [-0.2, -0.15) is 5.10 Å². The molecule has 6 nitrogen and oxygen atoms in total. The summed E-state index contributed by atoms with van der Waals surface area (Å²) in [6, 6.07) is 7.03. The lowest BCUT2D eigenvalue weighted by molar-refractivity contribution is 0.0851. The van der Waals surface area contributed by atoms with E-state index in [1.54, 1.807) is 39.5 Å². The molecule has 1 aromatic carbocycles. The van der Waals surface area contributed by atoms with E-state index in [9.17, 15) is 4.79 Å². The first-order valence-electron chi connectivity index (χ1n) is 9.14. The molecular formula is C20H19Cl2N5OS. The SMILES string of the molecule is Cc1cc(C(=O)N2CCCSC2=Nc2ccc(Cl)c(Cl)c2)c2c(C)nn(C)c2n1. The van der Waals surface area contributed by atoms with Crippen LogP contribution in [-0.2, 0) is 7.05 Å². The van der Waals surface area contributed by atoms with Gasteiger partial charge in [-0.25, -0.2) is 9.98 Å². The van der Waals surface area contributed by atoms with Gasteiger partial charge in [0.1, 0.15) is 0 Å². The van der Waals surface area contributed by atoms with E-state index in [-0.39, 0.29) is 5.91 Å². The number of rotatable bonds is 2. The van der Waals surface area contributed by atoms with Crippen LogP contribution in [0.2, 0.25) is 10.0 Å². The Hall–Kier alpha value is -2.09. The van der Waals surface area contributed by atoms with Gasteiger partial charge >= 0.3 is 0 Å². The molecule has 2 aromatic heterocycles. The second kappa shape index (κ2) is 7.97. The molecule has 1 aliphatic heterocycles. The molecule has 0 aliphatic carbocycles. The Bertz CT molecular complexity index is 1160. The number of halogens is 2. The molecule has 0 radical (unpaired) electrons. The normalized spacial score (nSPS) is 16.0. The zero-order valence-corrected chi connectivity index (χ0v) is 18.6. The summed E-state index contributed by atoms with van der Waals surface area (Å²) >= 11 is 13.7. The minimum Gasteiger partial charge on any atom is -0.287 e. The molecule has 3 heterocycles. The van der Waals surface area contributed by atoms with Crippen molar-refractivity contribution in [2.24, 2.45) is 12.0 Å².